The molecule has 32 heavy (non-hydrogen) atoms. The zero-order valence-corrected chi connectivity index (χ0v) is 18.3. The molecule has 0 amide bonds. The molecule has 0 saturated heterocycles. The summed E-state index contributed by atoms with van der Waals surface area (Å²) in [6.45, 7) is 5.72. The summed E-state index contributed by atoms with van der Waals surface area (Å²) >= 11 is 0. The quantitative estimate of drug-likeness (QED) is 0.392. The SMILES string of the molecule is CCOC(=O)c1cc(C[C@H](C)OCc2ccccc2)n(-c2ccccc2C(F)(F)F)c1C. The van der Waals surface area contributed by atoms with E-state index in [-0.39, 0.29) is 24.0 Å². The summed E-state index contributed by atoms with van der Waals surface area (Å²) in [5, 5.41) is 0. The summed E-state index contributed by atoms with van der Waals surface area (Å²) in [5.41, 5.74) is 1.38. The Labute approximate surface area is 185 Å². The minimum Gasteiger partial charge on any atom is -0.462 e. The molecule has 0 unspecified atom stereocenters. The topological polar surface area (TPSA) is 40.5 Å². The maximum atomic E-state index is 13.7. The fraction of sp³-hybridized carbons (Fsp3) is 0.320. The molecule has 0 N–H and O–H groups in total. The average Bonchev–Trinajstić information content (AvgIpc) is 3.08. The highest BCUT2D eigenvalue weighted by Crippen LogP contribution is 2.36. The molecule has 0 saturated carbocycles. The van der Waals surface area contributed by atoms with E-state index in [1.165, 1.54) is 16.7 Å². The number of nitrogens with zero attached hydrogens (tertiary/aromatic N) is 1. The number of para-hydroxylation sites is 1. The summed E-state index contributed by atoms with van der Waals surface area (Å²) in [6.07, 6.45) is -4.51. The number of aromatic nitrogens is 1. The van der Waals surface area contributed by atoms with E-state index in [9.17, 15) is 18.0 Å². The van der Waals surface area contributed by atoms with Crippen LogP contribution in [0.5, 0.6) is 0 Å². The highest BCUT2D eigenvalue weighted by molar-refractivity contribution is 5.91. The molecule has 0 aliphatic rings. The van der Waals surface area contributed by atoms with E-state index in [4.69, 9.17) is 9.47 Å². The predicted molar refractivity (Wildman–Crippen MR) is 116 cm³/mol. The van der Waals surface area contributed by atoms with Crippen molar-refractivity contribution in [3.05, 3.63) is 88.7 Å². The van der Waals surface area contributed by atoms with Gasteiger partial charge in [-0.05, 0) is 44.5 Å². The lowest BCUT2D eigenvalue weighted by Gasteiger charge is -2.20. The summed E-state index contributed by atoms with van der Waals surface area (Å²) < 4.78 is 53.7. The van der Waals surface area contributed by atoms with E-state index >= 15 is 0 Å². The zero-order valence-electron chi connectivity index (χ0n) is 18.3. The van der Waals surface area contributed by atoms with Crippen molar-refractivity contribution in [1.82, 2.24) is 4.57 Å². The maximum Gasteiger partial charge on any atom is 0.418 e. The molecule has 4 nitrogen and oxygen atoms in total. The highest BCUT2D eigenvalue weighted by Gasteiger charge is 2.35. The Kier molecular flexibility index (Phi) is 7.40. The Morgan fingerprint density at radius 1 is 1.06 bits per heavy atom. The van der Waals surface area contributed by atoms with Crippen molar-refractivity contribution >= 4 is 5.97 Å². The molecule has 0 fully saturated rings. The maximum absolute atomic E-state index is 13.7. The number of rotatable bonds is 8. The standard InChI is InChI=1S/C25H26F3NO3/c1-4-31-24(30)21-15-20(14-17(2)32-16-19-10-6-5-7-11-19)29(18(21)3)23-13-9-8-12-22(23)25(26,27)28/h5-13,15,17H,4,14,16H2,1-3H3/t17-/m0/s1. The summed E-state index contributed by atoms with van der Waals surface area (Å²) in [5.74, 6) is -0.563. The average molecular weight is 445 g/mol. The number of ether oxygens (including phenoxy) is 2. The van der Waals surface area contributed by atoms with Gasteiger partial charge in [0.25, 0.3) is 0 Å². The lowest BCUT2D eigenvalue weighted by Crippen LogP contribution is -2.17. The molecule has 0 spiro atoms. The molecule has 1 aromatic heterocycles. The molecule has 3 aromatic rings. The van der Waals surface area contributed by atoms with Gasteiger partial charge in [0, 0.05) is 17.8 Å². The Hall–Kier alpha value is -3.06. The fourth-order valence-corrected chi connectivity index (χ4v) is 3.65. The van der Waals surface area contributed by atoms with Gasteiger partial charge < -0.3 is 14.0 Å². The van der Waals surface area contributed by atoms with E-state index in [0.29, 0.717) is 24.4 Å². The number of benzene rings is 2. The predicted octanol–water partition coefficient (Wildman–Crippen LogP) is 6.13. The van der Waals surface area contributed by atoms with Gasteiger partial charge in [-0.15, -0.1) is 0 Å². The molecule has 170 valence electrons. The third-order valence-corrected chi connectivity index (χ3v) is 5.14. The number of hydrogen-bond acceptors (Lipinski definition) is 3. The number of esters is 1. The van der Waals surface area contributed by atoms with Gasteiger partial charge in [-0.3, -0.25) is 0 Å². The van der Waals surface area contributed by atoms with Crippen LogP contribution in [-0.2, 0) is 28.7 Å². The highest BCUT2D eigenvalue weighted by atomic mass is 19.4. The Morgan fingerprint density at radius 3 is 2.38 bits per heavy atom. The third-order valence-electron chi connectivity index (χ3n) is 5.14. The summed E-state index contributed by atoms with van der Waals surface area (Å²) in [4.78, 5) is 12.5. The largest absolute Gasteiger partial charge is 0.462 e. The van der Waals surface area contributed by atoms with Gasteiger partial charge in [0.15, 0.2) is 0 Å². The third kappa shape index (κ3) is 5.40. The van der Waals surface area contributed by atoms with Crippen molar-refractivity contribution in [2.24, 2.45) is 0 Å². The lowest BCUT2D eigenvalue weighted by molar-refractivity contribution is -0.137. The van der Waals surface area contributed by atoms with Crippen molar-refractivity contribution in [3.8, 4) is 5.69 Å². The van der Waals surface area contributed by atoms with Crippen LogP contribution in [0.15, 0.2) is 60.7 Å². The van der Waals surface area contributed by atoms with Gasteiger partial charge in [0.1, 0.15) is 0 Å². The first-order chi connectivity index (χ1) is 15.2. The van der Waals surface area contributed by atoms with Gasteiger partial charge in [-0.2, -0.15) is 13.2 Å². The molecular weight excluding hydrogens is 419 g/mol. The second-order valence-electron chi connectivity index (χ2n) is 7.52. The Bertz CT molecular complexity index is 1060. The first-order valence-electron chi connectivity index (χ1n) is 10.4. The molecule has 1 heterocycles. The minimum atomic E-state index is -4.54. The van der Waals surface area contributed by atoms with Crippen molar-refractivity contribution in [3.63, 3.8) is 0 Å². The first kappa shape index (κ1) is 23.6. The molecule has 7 heteroatoms. The van der Waals surface area contributed by atoms with E-state index in [1.54, 1.807) is 26.0 Å². The number of carbonyl (C=O) groups excluding carboxylic acids is 1. The Morgan fingerprint density at radius 2 is 1.72 bits per heavy atom. The number of alkyl halides is 3. The van der Waals surface area contributed by atoms with Crippen molar-refractivity contribution in [1.29, 1.82) is 0 Å². The van der Waals surface area contributed by atoms with Crippen LogP contribution in [0, 0.1) is 6.92 Å². The summed E-state index contributed by atoms with van der Waals surface area (Å²) in [6, 6.07) is 16.6. The van der Waals surface area contributed by atoms with E-state index in [1.807, 2.05) is 37.3 Å². The lowest BCUT2D eigenvalue weighted by atomic mass is 10.1. The van der Waals surface area contributed by atoms with Crippen LogP contribution in [-0.4, -0.2) is 23.2 Å². The second kappa shape index (κ2) is 10.0. The van der Waals surface area contributed by atoms with Crippen LogP contribution >= 0.6 is 0 Å². The molecule has 0 aliphatic carbocycles. The molecular formula is C25H26F3NO3. The van der Waals surface area contributed by atoms with Gasteiger partial charge >= 0.3 is 12.1 Å². The molecule has 2 aromatic carbocycles. The molecule has 3 rings (SSSR count). The van der Waals surface area contributed by atoms with Crippen LogP contribution < -0.4 is 0 Å². The molecule has 0 bridgehead atoms. The van der Waals surface area contributed by atoms with Gasteiger partial charge in [0.2, 0.25) is 0 Å². The van der Waals surface area contributed by atoms with Crippen LogP contribution in [0.3, 0.4) is 0 Å². The van der Waals surface area contributed by atoms with Crippen molar-refractivity contribution < 1.29 is 27.4 Å². The number of hydrogen-bond donors (Lipinski definition) is 0. The summed E-state index contributed by atoms with van der Waals surface area (Å²) in [7, 11) is 0. The Balaban J connectivity index is 1.98. The van der Waals surface area contributed by atoms with Crippen LogP contribution in [0.4, 0.5) is 13.2 Å². The van der Waals surface area contributed by atoms with E-state index in [0.717, 1.165) is 11.6 Å². The minimum absolute atomic E-state index is 0.0293. The van der Waals surface area contributed by atoms with Crippen LogP contribution in [0.2, 0.25) is 0 Å². The smallest absolute Gasteiger partial charge is 0.418 e. The van der Waals surface area contributed by atoms with Crippen molar-refractivity contribution in [2.45, 2.75) is 46.1 Å². The monoisotopic (exact) mass is 445 g/mol. The van der Waals surface area contributed by atoms with Gasteiger partial charge in [-0.25, -0.2) is 4.79 Å². The molecule has 0 radical (unpaired) electrons. The van der Waals surface area contributed by atoms with Gasteiger partial charge in [0.05, 0.1) is 36.1 Å². The molecule has 1 atom stereocenters. The van der Waals surface area contributed by atoms with Crippen molar-refractivity contribution in [2.75, 3.05) is 6.61 Å². The van der Waals surface area contributed by atoms with Crippen LogP contribution in [0.25, 0.3) is 5.69 Å². The molecule has 0 aliphatic heterocycles. The number of halogens is 3. The fourth-order valence-electron chi connectivity index (χ4n) is 3.65. The van der Waals surface area contributed by atoms with E-state index in [2.05, 4.69) is 0 Å². The first-order valence-corrected chi connectivity index (χ1v) is 10.4. The second-order valence-corrected chi connectivity index (χ2v) is 7.52. The van der Waals surface area contributed by atoms with Crippen LogP contribution in [0.1, 0.15) is 46.7 Å². The van der Waals surface area contributed by atoms with E-state index < -0.39 is 17.7 Å². The normalized spacial score (nSPS) is 12.6. The zero-order chi connectivity index (χ0) is 23.3. The van der Waals surface area contributed by atoms with Gasteiger partial charge in [-0.1, -0.05) is 42.5 Å². The number of carbonyl (C=O) groups is 1.